The first-order valence-corrected chi connectivity index (χ1v) is 9.16. The van der Waals surface area contributed by atoms with E-state index in [1.807, 2.05) is 0 Å². The zero-order valence-corrected chi connectivity index (χ0v) is 16.5. The van der Waals surface area contributed by atoms with Crippen LogP contribution in [0.15, 0.2) is 36.4 Å². The Bertz CT molecular complexity index is 1120. The maximum absolute atomic E-state index is 14.9. The van der Waals surface area contributed by atoms with Gasteiger partial charge < -0.3 is 9.84 Å². The quantitative estimate of drug-likeness (QED) is 0.645. The Hall–Kier alpha value is -3.22. The third kappa shape index (κ3) is 3.60. The molecule has 7 heteroatoms. The van der Waals surface area contributed by atoms with Crippen molar-refractivity contribution in [2.75, 3.05) is 0 Å². The molecule has 0 fully saturated rings. The predicted molar refractivity (Wildman–Crippen MR) is 104 cm³/mol. The number of rotatable bonds is 4. The second kappa shape index (κ2) is 7.66. The summed E-state index contributed by atoms with van der Waals surface area (Å²) in [6, 6.07) is 7.67. The van der Waals surface area contributed by atoms with Gasteiger partial charge in [0.2, 0.25) is 0 Å². The molecule has 0 aliphatic carbocycles. The van der Waals surface area contributed by atoms with Gasteiger partial charge in [0, 0.05) is 16.6 Å². The molecule has 152 valence electrons. The largest absolute Gasteiger partial charge is 0.505 e. The molecule has 0 bridgehead atoms. The van der Waals surface area contributed by atoms with E-state index in [9.17, 15) is 23.5 Å². The zero-order valence-electron chi connectivity index (χ0n) is 16.5. The summed E-state index contributed by atoms with van der Waals surface area (Å²) >= 11 is 0. The van der Waals surface area contributed by atoms with Crippen LogP contribution in [0.2, 0.25) is 0 Å². The van der Waals surface area contributed by atoms with E-state index in [1.165, 1.54) is 28.8 Å². The summed E-state index contributed by atoms with van der Waals surface area (Å²) in [6.07, 6.45) is -0.370. The van der Waals surface area contributed by atoms with Crippen LogP contribution in [0, 0.1) is 18.6 Å². The van der Waals surface area contributed by atoms with Crippen LogP contribution in [-0.2, 0) is 9.53 Å². The van der Waals surface area contributed by atoms with Crippen LogP contribution < -0.4 is 0 Å². The van der Waals surface area contributed by atoms with Gasteiger partial charge in [0.25, 0.3) is 5.91 Å². The third-order valence-electron chi connectivity index (χ3n) is 4.75. The molecule has 0 unspecified atom stereocenters. The van der Waals surface area contributed by atoms with E-state index in [1.54, 1.807) is 27.7 Å². The first kappa shape index (κ1) is 20.5. The molecule has 3 rings (SSSR count). The number of carbonyl (C=O) groups is 2. The Labute approximate surface area is 166 Å². The summed E-state index contributed by atoms with van der Waals surface area (Å²) in [6.45, 7) is 6.51. The minimum absolute atomic E-state index is 0.0412. The van der Waals surface area contributed by atoms with Gasteiger partial charge in [0.05, 0.1) is 17.5 Å². The Balaban J connectivity index is 2.27. The topological polar surface area (TPSA) is 68.5 Å². The molecule has 0 spiro atoms. The van der Waals surface area contributed by atoms with Crippen molar-refractivity contribution in [1.29, 1.82) is 0 Å². The van der Waals surface area contributed by atoms with Crippen LogP contribution in [-0.4, -0.2) is 27.7 Å². The number of aromatic hydroxyl groups is 1. The van der Waals surface area contributed by atoms with Crippen molar-refractivity contribution in [3.63, 3.8) is 0 Å². The molecule has 0 radical (unpaired) electrons. The van der Waals surface area contributed by atoms with Gasteiger partial charge in [0.15, 0.2) is 11.6 Å². The molecule has 0 aliphatic rings. The predicted octanol–water partition coefficient (Wildman–Crippen LogP) is 4.68. The maximum Gasteiger partial charge on any atom is 0.313 e. The Morgan fingerprint density at radius 2 is 1.79 bits per heavy atom. The Morgan fingerprint density at radius 3 is 2.41 bits per heavy atom. The molecule has 1 atom stereocenters. The second-order valence-corrected chi connectivity index (χ2v) is 7.15. The molecule has 0 saturated carbocycles. The number of halogens is 2. The third-order valence-corrected chi connectivity index (χ3v) is 4.75. The van der Waals surface area contributed by atoms with Gasteiger partial charge in [-0.1, -0.05) is 6.07 Å². The summed E-state index contributed by atoms with van der Waals surface area (Å²) in [4.78, 5) is 25.6. The first-order chi connectivity index (χ1) is 13.6. The number of esters is 1. The first-order valence-electron chi connectivity index (χ1n) is 9.16. The molecule has 2 aromatic carbocycles. The number of aromatic nitrogens is 1. The minimum atomic E-state index is -0.935. The molecule has 0 aliphatic heterocycles. The number of carbonyl (C=O) groups excluding carboxylic acids is 2. The molecule has 5 nitrogen and oxygen atoms in total. The van der Waals surface area contributed by atoms with Crippen molar-refractivity contribution in [1.82, 2.24) is 4.57 Å². The fourth-order valence-corrected chi connectivity index (χ4v) is 3.47. The molecule has 1 aromatic heterocycles. The zero-order chi connectivity index (χ0) is 21.5. The van der Waals surface area contributed by atoms with E-state index >= 15 is 0 Å². The lowest BCUT2D eigenvalue weighted by Gasteiger charge is -2.15. The molecule has 1 N–H and O–H groups in total. The number of fused-ring (bicyclic) bond motifs is 1. The van der Waals surface area contributed by atoms with E-state index in [0.717, 1.165) is 12.1 Å². The number of hydrogen-bond acceptors (Lipinski definition) is 4. The number of phenols is 1. The highest BCUT2D eigenvalue weighted by atomic mass is 19.1. The summed E-state index contributed by atoms with van der Waals surface area (Å²) in [7, 11) is 0. The van der Waals surface area contributed by atoms with Gasteiger partial charge >= 0.3 is 5.97 Å². The average molecular weight is 401 g/mol. The molecule has 29 heavy (non-hydrogen) atoms. The van der Waals surface area contributed by atoms with Crippen LogP contribution in [0.1, 0.15) is 48.3 Å². The van der Waals surface area contributed by atoms with Gasteiger partial charge in [-0.3, -0.25) is 14.2 Å². The lowest BCUT2D eigenvalue weighted by molar-refractivity contribution is -0.148. The van der Waals surface area contributed by atoms with Crippen LogP contribution in [0.5, 0.6) is 5.75 Å². The minimum Gasteiger partial charge on any atom is -0.505 e. The van der Waals surface area contributed by atoms with Crippen LogP contribution in [0.4, 0.5) is 8.78 Å². The highest BCUT2D eigenvalue weighted by Crippen LogP contribution is 2.37. The van der Waals surface area contributed by atoms with Crippen LogP contribution in [0.25, 0.3) is 10.9 Å². The maximum atomic E-state index is 14.9. The van der Waals surface area contributed by atoms with E-state index in [-0.39, 0.29) is 28.1 Å². The smallest absolute Gasteiger partial charge is 0.313 e. The van der Waals surface area contributed by atoms with Crippen LogP contribution >= 0.6 is 0 Å². The molecular weight excluding hydrogens is 380 g/mol. The number of nitrogens with zero attached hydrogens (tertiary/aromatic N) is 1. The monoisotopic (exact) mass is 401 g/mol. The van der Waals surface area contributed by atoms with E-state index < -0.39 is 35.2 Å². The van der Waals surface area contributed by atoms with Gasteiger partial charge in [-0.25, -0.2) is 8.78 Å². The van der Waals surface area contributed by atoms with Crippen molar-refractivity contribution in [2.45, 2.75) is 39.7 Å². The van der Waals surface area contributed by atoms with E-state index in [4.69, 9.17) is 4.74 Å². The SMILES string of the molecule is Cc1c([C@H](C)C(=O)OC(C)C)c2c(F)c(O)ccc2n1C(=O)c1cccc(F)c1. The highest BCUT2D eigenvalue weighted by molar-refractivity contribution is 6.05. The number of hydrogen-bond donors (Lipinski definition) is 1. The van der Waals surface area contributed by atoms with Gasteiger partial charge in [0.1, 0.15) is 5.82 Å². The number of phenolic OH excluding ortho intramolecular Hbond substituents is 1. The molecule has 3 aromatic rings. The summed E-state index contributed by atoms with van der Waals surface area (Å²) in [5.41, 5.74) is 0.796. The summed E-state index contributed by atoms with van der Waals surface area (Å²) in [5.74, 6) is -4.16. The van der Waals surface area contributed by atoms with E-state index in [2.05, 4.69) is 0 Å². The molecular formula is C22H21F2NO4. The normalized spacial score (nSPS) is 12.4. The van der Waals surface area contributed by atoms with Gasteiger partial charge in [-0.15, -0.1) is 0 Å². The fourth-order valence-electron chi connectivity index (χ4n) is 3.47. The van der Waals surface area contributed by atoms with Crippen molar-refractivity contribution in [3.8, 4) is 5.75 Å². The number of benzene rings is 2. The van der Waals surface area contributed by atoms with Crippen molar-refractivity contribution in [3.05, 3.63) is 64.9 Å². The molecule has 0 amide bonds. The van der Waals surface area contributed by atoms with Crippen molar-refractivity contribution in [2.24, 2.45) is 0 Å². The number of ether oxygens (including phenoxy) is 1. The molecule has 0 saturated heterocycles. The van der Waals surface area contributed by atoms with Crippen molar-refractivity contribution < 1.29 is 28.2 Å². The second-order valence-electron chi connectivity index (χ2n) is 7.15. The van der Waals surface area contributed by atoms with Crippen molar-refractivity contribution >= 4 is 22.8 Å². The summed E-state index contributed by atoms with van der Waals surface area (Å²) < 4.78 is 35.0. The van der Waals surface area contributed by atoms with Gasteiger partial charge in [-0.2, -0.15) is 0 Å². The fraction of sp³-hybridized carbons (Fsp3) is 0.273. The molecule has 1 heterocycles. The Kier molecular flexibility index (Phi) is 5.42. The Morgan fingerprint density at radius 1 is 1.10 bits per heavy atom. The lowest BCUT2D eigenvalue weighted by Crippen LogP contribution is -2.19. The van der Waals surface area contributed by atoms with E-state index in [0.29, 0.717) is 5.69 Å². The highest BCUT2D eigenvalue weighted by Gasteiger charge is 2.30. The van der Waals surface area contributed by atoms with Gasteiger partial charge in [-0.05, 0) is 63.6 Å². The van der Waals surface area contributed by atoms with Crippen LogP contribution in [0.3, 0.4) is 0 Å². The summed E-state index contributed by atoms with van der Waals surface area (Å²) in [5, 5.41) is 9.82. The standard InChI is InChI=1S/C22H21F2NO4/c1-11(2)29-22(28)12(3)18-13(4)25(16-8-9-17(26)20(24)19(16)18)21(27)14-6-5-7-15(23)10-14/h5-12,26H,1-4H3/t12-/m0/s1. The average Bonchev–Trinajstić information content (AvgIpc) is 2.95. The lowest BCUT2D eigenvalue weighted by atomic mass is 9.97.